The lowest BCUT2D eigenvalue weighted by molar-refractivity contribution is -0.121. The SMILES string of the molecule is Cc1sc2nc(CSC(C)C(=O)NC3C(C)CCNC3C)[nH]c(=O)c2c1C. The van der Waals surface area contributed by atoms with Gasteiger partial charge in [-0.3, -0.25) is 9.59 Å². The zero-order valence-electron chi connectivity index (χ0n) is 16.5. The summed E-state index contributed by atoms with van der Waals surface area (Å²) in [7, 11) is 0. The van der Waals surface area contributed by atoms with E-state index in [0.29, 0.717) is 22.9 Å². The number of hydrogen-bond donors (Lipinski definition) is 3. The Morgan fingerprint density at radius 3 is 2.85 bits per heavy atom. The second kappa shape index (κ2) is 8.32. The fraction of sp³-hybridized carbons (Fsp3) is 0.632. The number of hydrogen-bond acceptors (Lipinski definition) is 6. The quantitative estimate of drug-likeness (QED) is 0.708. The van der Waals surface area contributed by atoms with Crippen molar-refractivity contribution in [3.05, 3.63) is 26.6 Å². The molecule has 2 aromatic rings. The fourth-order valence-corrected chi connectivity index (χ4v) is 5.35. The predicted molar refractivity (Wildman–Crippen MR) is 114 cm³/mol. The highest BCUT2D eigenvalue weighted by Gasteiger charge is 2.30. The van der Waals surface area contributed by atoms with E-state index in [4.69, 9.17) is 0 Å². The number of fused-ring (bicyclic) bond motifs is 1. The Morgan fingerprint density at radius 1 is 1.41 bits per heavy atom. The minimum Gasteiger partial charge on any atom is -0.351 e. The molecule has 6 nitrogen and oxygen atoms in total. The summed E-state index contributed by atoms with van der Waals surface area (Å²) in [5.41, 5.74) is 0.908. The Hall–Kier alpha value is -1.38. The minimum absolute atomic E-state index is 0.0404. The third-order valence-electron chi connectivity index (χ3n) is 5.45. The van der Waals surface area contributed by atoms with Crippen LogP contribution in [0.5, 0.6) is 0 Å². The summed E-state index contributed by atoms with van der Waals surface area (Å²) in [5.74, 6) is 1.63. The lowest BCUT2D eigenvalue weighted by Crippen LogP contribution is -2.57. The van der Waals surface area contributed by atoms with E-state index in [1.165, 1.54) is 11.8 Å². The average Bonchev–Trinajstić information content (AvgIpc) is 2.90. The molecule has 3 rings (SSSR count). The third kappa shape index (κ3) is 4.38. The molecule has 0 radical (unpaired) electrons. The number of aryl methyl sites for hydroxylation is 2. The molecule has 4 atom stereocenters. The van der Waals surface area contributed by atoms with Gasteiger partial charge in [0.05, 0.1) is 16.4 Å². The summed E-state index contributed by atoms with van der Waals surface area (Å²) in [4.78, 5) is 34.3. The molecular formula is C19H28N4O2S2. The number of aromatic nitrogens is 2. The van der Waals surface area contributed by atoms with Crippen molar-refractivity contribution in [1.29, 1.82) is 0 Å². The number of aromatic amines is 1. The van der Waals surface area contributed by atoms with Crippen LogP contribution in [0.15, 0.2) is 4.79 Å². The molecule has 1 aliphatic rings. The van der Waals surface area contributed by atoms with Gasteiger partial charge in [0.1, 0.15) is 10.7 Å². The van der Waals surface area contributed by atoms with Crippen LogP contribution in [0.25, 0.3) is 10.2 Å². The van der Waals surface area contributed by atoms with Crippen LogP contribution >= 0.6 is 23.1 Å². The largest absolute Gasteiger partial charge is 0.351 e. The maximum atomic E-state index is 12.6. The van der Waals surface area contributed by atoms with Gasteiger partial charge >= 0.3 is 0 Å². The van der Waals surface area contributed by atoms with Crippen LogP contribution < -0.4 is 16.2 Å². The van der Waals surface area contributed by atoms with Gasteiger partial charge in [0.15, 0.2) is 0 Å². The van der Waals surface area contributed by atoms with Gasteiger partial charge < -0.3 is 15.6 Å². The molecule has 0 saturated carbocycles. The van der Waals surface area contributed by atoms with E-state index in [1.54, 1.807) is 11.3 Å². The first-order valence-electron chi connectivity index (χ1n) is 9.42. The molecule has 27 heavy (non-hydrogen) atoms. The molecule has 2 aromatic heterocycles. The second-order valence-electron chi connectivity index (χ2n) is 7.47. The van der Waals surface area contributed by atoms with Crippen molar-refractivity contribution in [3.8, 4) is 0 Å². The zero-order valence-corrected chi connectivity index (χ0v) is 18.1. The Labute approximate surface area is 167 Å². The Morgan fingerprint density at radius 2 is 2.15 bits per heavy atom. The van der Waals surface area contributed by atoms with Crippen LogP contribution in [-0.4, -0.2) is 39.8 Å². The van der Waals surface area contributed by atoms with Gasteiger partial charge in [-0.25, -0.2) is 4.98 Å². The fourth-order valence-electron chi connectivity index (χ4n) is 3.53. The topological polar surface area (TPSA) is 86.9 Å². The maximum Gasteiger partial charge on any atom is 0.259 e. The lowest BCUT2D eigenvalue weighted by Gasteiger charge is -2.36. The molecule has 148 valence electrons. The average molecular weight is 409 g/mol. The molecule has 3 N–H and O–H groups in total. The van der Waals surface area contributed by atoms with Crippen LogP contribution in [0.3, 0.4) is 0 Å². The molecule has 8 heteroatoms. The van der Waals surface area contributed by atoms with E-state index in [0.717, 1.165) is 28.2 Å². The minimum atomic E-state index is -0.209. The number of carbonyl (C=O) groups is 1. The molecular weight excluding hydrogens is 380 g/mol. The number of H-pyrrole nitrogens is 1. The Bertz CT molecular complexity index is 882. The summed E-state index contributed by atoms with van der Waals surface area (Å²) in [6.45, 7) is 11.2. The first kappa shape index (κ1) is 20.4. The van der Waals surface area contributed by atoms with E-state index >= 15 is 0 Å². The number of carbonyl (C=O) groups excluding carboxylic acids is 1. The third-order valence-corrected chi connectivity index (χ3v) is 7.71. The molecule has 0 bridgehead atoms. The summed E-state index contributed by atoms with van der Waals surface area (Å²) in [5, 5.41) is 7.09. The highest BCUT2D eigenvalue weighted by Crippen LogP contribution is 2.26. The van der Waals surface area contributed by atoms with E-state index in [1.807, 2.05) is 20.8 Å². The first-order valence-corrected chi connectivity index (χ1v) is 11.3. The number of rotatable bonds is 5. The number of amides is 1. The molecule has 0 spiro atoms. The first-order chi connectivity index (χ1) is 12.8. The van der Waals surface area contributed by atoms with Crippen molar-refractivity contribution in [2.45, 2.75) is 64.1 Å². The van der Waals surface area contributed by atoms with Crippen molar-refractivity contribution in [2.75, 3.05) is 6.54 Å². The van der Waals surface area contributed by atoms with Crippen LogP contribution in [0.1, 0.15) is 43.5 Å². The Balaban J connectivity index is 1.63. The molecule has 3 heterocycles. The molecule has 0 aliphatic carbocycles. The molecule has 4 unspecified atom stereocenters. The number of thioether (sulfide) groups is 1. The summed E-state index contributed by atoms with van der Waals surface area (Å²) in [6.07, 6.45) is 1.07. The van der Waals surface area contributed by atoms with Gasteiger partial charge in [-0.2, -0.15) is 0 Å². The number of nitrogens with zero attached hydrogens (tertiary/aromatic N) is 1. The maximum absolute atomic E-state index is 12.6. The highest BCUT2D eigenvalue weighted by atomic mass is 32.2. The van der Waals surface area contributed by atoms with Crippen LogP contribution in [0.4, 0.5) is 0 Å². The van der Waals surface area contributed by atoms with Crippen LogP contribution in [-0.2, 0) is 10.5 Å². The Kier molecular flexibility index (Phi) is 6.28. The normalized spacial score (nSPS) is 24.1. The lowest BCUT2D eigenvalue weighted by atomic mass is 9.89. The summed E-state index contributed by atoms with van der Waals surface area (Å²) in [6, 6.07) is 0.432. The second-order valence-corrected chi connectivity index (χ2v) is 10.0. The summed E-state index contributed by atoms with van der Waals surface area (Å²) < 4.78 is 0. The summed E-state index contributed by atoms with van der Waals surface area (Å²) >= 11 is 3.04. The van der Waals surface area contributed by atoms with Gasteiger partial charge in [0.2, 0.25) is 5.91 Å². The van der Waals surface area contributed by atoms with Gasteiger partial charge in [-0.05, 0) is 52.1 Å². The molecule has 1 fully saturated rings. The van der Waals surface area contributed by atoms with Crippen LogP contribution in [0, 0.1) is 19.8 Å². The van der Waals surface area contributed by atoms with Crippen molar-refractivity contribution in [3.63, 3.8) is 0 Å². The van der Waals surface area contributed by atoms with E-state index in [9.17, 15) is 9.59 Å². The smallest absolute Gasteiger partial charge is 0.259 e. The van der Waals surface area contributed by atoms with Crippen LogP contribution in [0.2, 0.25) is 0 Å². The number of thiophene rings is 1. The van der Waals surface area contributed by atoms with E-state index < -0.39 is 0 Å². The standard InChI is InChI=1S/C19H28N4O2S2/c1-9-6-7-20-11(3)16(9)23-17(24)13(5)26-8-14-21-18(25)15-10(2)12(4)27-19(15)22-14/h9,11,13,16,20H,6-8H2,1-5H3,(H,23,24)(H,21,22,25). The molecule has 1 saturated heterocycles. The van der Waals surface area contributed by atoms with E-state index in [-0.39, 0.29) is 28.8 Å². The van der Waals surface area contributed by atoms with Gasteiger partial charge in [-0.15, -0.1) is 23.1 Å². The van der Waals surface area contributed by atoms with Crippen molar-refractivity contribution >= 4 is 39.2 Å². The number of piperidine rings is 1. The van der Waals surface area contributed by atoms with Gasteiger partial charge in [0, 0.05) is 17.0 Å². The van der Waals surface area contributed by atoms with Crippen molar-refractivity contribution in [1.82, 2.24) is 20.6 Å². The monoisotopic (exact) mass is 408 g/mol. The number of nitrogens with one attached hydrogen (secondary N) is 3. The molecule has 1 aliphatic heterocycles. The van der Waals surface area contributed by atoms with Gasteiger partial charge in [-0.1, -0.05) is 6.92 Å². The zero-order chi connectivity index (χ0) is 19.7. The predicted octanol–water partition coefficient (Wildman–Crippen LogP) is 2.73. The van der Waals surface area contributed by atoms with Crippen molar-refractivity contribution in [2.24, 2.45) is 5.92 Å². The van der Waals surface area contributed by atoms with Gasteiger partial charge in [0.25, 0.3) is 5.56 Å². The van der Waals surface area contributed by atoms with E-state index in [2.05, 4.69) is 34.4 Å². The molecule has 1 amide bonds. The highest BCUT2D eigenvalue weighted by molar-refractivity contribution is 7.99. The molecule has 0 aromatic carbocycles. The van der Waals surface area contributed by atoms with Crippen molar-refractivity contribution < 1.29 is 4.79 Å².